The lowest BCUT2D eigenvalue weighted by molar-refractivity contribution is 0.0308. The van der Waals surface area contributed by atoms with E-state index in [0.29, 0.717) is 5.92 Å². The van der Waals surface area contributed by atoms with Crippen LogP contribution in [0.15, 0.2) is 30.3 Å². The molecule has 3 unspecified atom stereocenters. The average Bonchev–Trinajstić information content (AvgIpc) is 2.69. The van der Waals surface area contributed by atoms with Crippen molar-refractivity contribution in [3.63, 3.8) is 0 Å². The SMILES string of the molecule is CN1C2CCC1CC(C(O)CCCc1ccccc1)C2. The van der Waals surface area contributed by atoms with Crippen LogP contribution < -0.4 is 0 Å². The monoisotopic (exact) mass is 273 g/mol. The number of fused-ring (bicyclic) bond motifs is 2. The molecule has 2 heteroatoms. The summed E-state index contributed by atoms with van der Waals surface area (Å²) in [7, 11) is 2.26. The van der Waals surface area contributed by atoms with E-state index in [-0.39, 0.29) is 6.10 Å². The van der Waals surface area contributed by atoms with Gasteiger partial charge < -0.3 is 10.0 Å². The van der Waals surface area contributed by atoms with Crippen LogP contribution in [0.4, 0.5) is 0 Å². The van der Waals surface area contributed by atoms with Crippen LogP contribution >= 0.6 is 0 Å². The zero-order chi connectivity index (χ0) is 13.9. The molecular formula is C18H27NO. The summed E-state index contributed by atoms with van der Waals surface area (Å²) in [6.07, 6.45) is 8.17. The molecule has 0 spiro atoms. The summed E-state index contributed by atoms with van der Waals surface area (Å²) in [5, 5.41) is 10.5. The molecule has 2 heterocycles. The number of aliphatic hydroxyl groups excluding tert-OH is 1. The summed E-state index contributed by atoms with van der Waals surface area (Å²) in [4.78, 5) is 2.55. The summed E-state index contributed by atoms with van der Waals surface area (Å²) in [6.45, 7) is 0. The maximum absolute atomic E-state index is 10.5. The normalized spacial score (nSPS) is 31.4. The van der Waals surface area contributed by atoms with E-state index in [9.17, 15) is 5.11 Å². The molecule has 1 aromatic rings. The number of aryl methyl sites for hydroxylation is 1. The highest BCUT2D eigenvalue weighted by Crippen LogP contribution is 2.39. The largest absolute Gasteiger partial charge is 0.393 e. The molecule has 2 nitrogen and oxygen atoms in total. The van der Waals surface area contributed by atoms with Crippen LogP contribution in [0, 0.1) is 5.92 Å². The van der Waals surface area contributed by atoms with E-state index in [0.717, 1.165) is 31.3 Å². The molecule has 2 fully saturated rings. The highest BCUT2D eigenvalue weighted by atomic mass is 16.3. The van der Waals surface area contributed by atoms with Crippen molar-refractivity contribution in [2.45, 2.75) is 63.1 Å². The van der Waals surface area contributed by atoms with Gasteiger partial charge in [0.05, 0.1) is 6.10 Å². The molecular weight excluding hydrogens is 246 g/mol. The molecule has 1 N–H and O–H groups in total. The standard InChI is InChI=1S/C18H27NO/c1-19-16-10-11-17(19)13-15(12-16)18(20)9-5-8-14-6-3-2-4-7-14/h2-4,6-7,15-18,20H,5,8-13H2,1H3. The molecule has 0 amide bonds. The van der Waals surface area contributed by atoms with Gasteiger partial charge in [0.2, 0.25) is 0 Å². The van der Waals surface area contributed by atoms with E-state index < -0.39 is 0 Å². The van der Waals surface area contributed by atoms with Crippen LogP contribution in [-0.2, 0) is 6.42 Å². The van der Waals surface area contributed by atoms with Gasteiger partial charge in [0.25, 0.3) is 0 Å². The first kappa shape index (κ1) is 14.1. The van der Waals surface area contributed by atoms with Crippen LogP contribution in [0.5, 0.6) is 0 Å². The van der Waals surface area contributed by atoms with Crippen molar-refractivity contribution in [1.29, 1.82) is 0 Å². The second-order valence-electron chi connectivity index (χ2n) is 6.73. The molecule has 2 saturated heterocycles. The van der Waals surface area contributed by atoms with Gasteiger partial charge in [-0.25, -0.2) is 0 Å². The Kier molecular flexibility index (Phi) is 4.42. The summed E-state index contributed by atoms with van der Waals surface area (Å²) >= 11 is 0. The van der Waals surface area contributed by atoms with Gasteiger partial charge in [-0.05, 0) is 63.5 Å². The number of benzene rings is 1. The van der Waals surface area contributed by atoms with Crippen molar-refractivity contribution >= 4 is 0 Å². The lowest BCUT2D eigenvalue weighted by Gasteiger charge is -2.38. The fraction of sp³-hybridized carbons (Fsp3) is 0.667. The number of piperidine rings is 1. The van der Waals surface area contributed by atoms with Crippen molar-refractivity contribution in [2.75, 3.05) is 7.05 Å². The van der Waals surface area contributed by atoms with Gasteiger partial charge in [0, 0.05) is 12.1 Å². The molecule has 0 radical (unpaired) electrons. The van der Waals surface area contributed by atoms with Gasteiger partial charge in [0.15, 0.2) is 0 Å². The first-order valence-corrected chi connectivity index (χ1v) is 8.18. The van der Waals surface area contributed by atoms with Gasteiger partial charge >= 0.3 is 0 Å². The minimum atomic E-state index is -0.0875. The highest BCUT2D eigenvalue weighted by molar-refractivity contribution is 5.14. The molecule has 2 aliphatic rings. The molecule has 3 atom stereocenters. The predicted octanol–water partition coefficient (Wildman–Crippen LogP) is 3.24. The number of nitrogens with zero attached hydrogens (tertiary/aromatic N) is 1. The molecule has 0 aromatic heterocycles. The summed E-state index contributed by atoms with van der Waals surface area (Å²) in [5.41, 5.74) is 1.39. The van der Waals surface area contributed by atoms with Gasteiger partial charge in [-0.3, -0.25) is 0 Å². The third kappa shape index (κ3) is 3.07. The lowest BCUT2D eigenvalue weighted by Crippen LogP contribution is -2.43. The Hall–Kier alpha value is -0.860. The van der Waals surface area contributed by atoms with E-state index in [1.165, 1.54) is 31.2 Å². The molecule has 110 valence electrons. The number of aliphatic hydroxyl groups is 1. The third-order valence-corrected chi connectivity index (χ3v) is 5.49. The Morgan fingerprint density at radius 1 is 1.15 bits per heavy atom. The van der Waals surface area contributed by atoms with Crippen molar-refractivity contribution in [3.05, 3.63) is 35.9 Å². The summed E-state index contributed by atoms with van der Waals surface area (Å²) in [6, 6.07) is 12.1. The Balaban J connectivity index is 1.44. The average molecular weight is 273 g/mol. The molecule has 1 aromatic carbocycles. The van der Waals surface area contributed by atoms with Gasteiger partial charge in [-0.15, -0.1) is 0 Å². The molecule has 3 rings (SSSR count). The number of hydrogen-bond acceptors (Lipinski definition) is 2. The number of rotatable bonds is 5. The Labute approximate surface area is 122 Å². The zero-order valence-corrected chi connectivity index (χ0v) is 12.5. The fourth-order valence-electron chi connectivity index (χ4n) is 4.16. The van der Waals surface area contributed by atoms with E-state index in [4.69, 9.17) is 0 Å². The van der Waals surface area contributed by atoms with Crippen molar-refractivity contribution in [3.8, 4) is 0 Å². The van der Waals surface area contributed by atoms with Gasteiger partial charge in [0.1, 0.15) is 0 Å². The summed E-state index contributed by atoms with van der Waals surface area (Å²) in [5.74, 6) is 0.541. The third-order valence-electron chi connectivity index (χ3n) is 5.49. The Bertz CT molecular complexity index is 405. The first-order chi connectivity index (χ1) is 9.74. The van der Waals surface area contributed by atoms with Crippen molar-refractivity contribution in [1.82, 2.24) is 4.90 Å². The Morgan fingerprint density at radius 2 is 1.80 bits per heavy atom. The van der Waals surface area contributed by atoms with Crippen LogP contribution in [0.3, 0.4) is 0 Å². The van der Waals surface area contributed by atoms with E-state index in [1.54, 1.807) is 0 Å². The fourth-order valence-corrected chi connectivity index (χ4v) is 4.16. The predicted molar refractivity (Wildman–Crippen MR) is 82.7 cm³/mol. The van der Waals surface area contributed by atoms with E-state index in [1.807, 2.05) is 0 Å². The topological polar surface area (TPSA) is 23.5 Å². The molecule has 2 bridgehead atoms. The second-order valence-corrected chi connectivity index (χ2v) is 6.73. The minimum Gasteiger partial charge on any atom is -0.393 e. The van der Waals surface area contributed by atoms with Gasteiger partial charge in [-0.2, -0.15) is 0 Å². The molecule has 20 heavy (non-hydrogen) atoms. The lowest BCUT2D eigenvalue weighted by atomic mass is 9.84. The number of hydrogen-bond donors (Lipinski definition) is 1. The van der Waals surface area contributed by atoms with Crippen molar-refractivity contribution < 1.29 is 5.11 Å². The highest BCUT2D eigenvalue weighted by Gasteiger charge is 2.40. The molecule has 2 aliphatic heterocycles. The van der Waals surface area contributed by atoms with Crippen LogP contribution in [0.2, 0.25) is 0 Å². The minimum absolute atomic E-state index is 0.0875. The molecule has 0 saturated carbocycles. The first-order valence-electron chi connectivity index (χ1n) is 8.18. The van der Waals surface area contributed by atoms with Crippen LogP contribution in [0.1, 0.15) is 44.1 Å². The van der Waals surface area contributed by atoms with Crippen LogP contribution in [0.25, 0.3) is 0 Å². The zero-order valence-electron chi connectivity index (χ0n) is 12.5. The van der Waals surface area contributed by atoms with Crippen molar-refractivity contribution in [2.24, 2.45) is 5.92 Å². The van der Waals surface area contributed by atoms with Gasteiger partial charge in [-0.1, -0.05) is 30.3 Å². The van der Waals surface area contributed by atoms with E-state index in [2.05, 4.69) is 42.3 Å². The quantitative estimate of drug-likeness (QED) is 0.890. The summed E-state index contributed by atoms with van der Waals surface area (Å²) < 4.78 is 0. The maximum atomic E-state index is 10.5. The second kappa shape index (κ2) is 6.28. The maximum Gasteiger partial charge on any atom is 0.0569 e. The Morgan fingerprint density at radius 3 is 2.45 bits per heavy atom. The molecule has 0 aliphatic carbocycles. The smallest absolute Gasteiger partial charge is 0.0569 e. The van der Waals surface area contributed by atoms with E-state index >= 15 is 0 Å². The van der Waals surface area contributed by atoms with Crippen LogP contribution in [-0.4, -0.2) is 35.2 Å².